The Labute approximate surface area is 91.4 Å². The molecule has 2 heteroatoms. The number of rotatable bonds is 1. The molecule has 1 aromatic carbocycles. The van der Waals surface area contributed by atoms with Crippen LogP contribution in [0, 0.1) is 0 Å². The molecule has 1 atom stereocenters. The summed E-state index contributed by atoms with van der Waals surface area (Å²) in [5, 5.41) is 0. The van der Waals surface area contributed by atoms with Crippen LogP contribution in [0.1, 0.15) is 24.1 Å². The van der Waals surface area contributed by atoms with Crippen molar-refractivity contribution in [2.75, 3.05) is 19.3 Å². The SMILES string of the molecule is C=C(C)C1c2cc(N)ccc2CCN1C. The lowest BCUT2D eigenvalue weighted by molar-refractivity contribution is 0.261. The molecule has 0 bridgehead atoms. The predicted octanol–water partition coefficient (Wildman–Crippen LogP) is 2.37. The lowest BCUT2D eigenvalue weighted by atomic mass is 9.89. The predicted molar refractivity (Wildman–Crippen MR) is 64.7 cm³/mol. The number of likely N-dealkylation sites (N-methyl/N-ethyl adjacent to an activating group) is 1. The van der Waals surface area contributed by atoms with Crippen LogP contribution in [0.5, 0.6) is 0 Å². The Morgan fingerprint density at radius 1 is 1.53 bits per heavy atom. The van der Waals surface area contributed by atoms with E-state index in [-0.39, 0.29) is 0 Å². The fraction of sp³-hybridized carbons (Fsp3) is 0.385. The zero-order valence-corrected chi connectivity index (χ0v) is 9.46. The van der Waals surface area contributed by atoms with Crippen molar-refractivity contribution in [1.82, 2.24) is 4.90 Å². The molecule has 0 saturated carbocycles. The van der Waals surface area contributed by atoms with Gasteiger partial charge in [0.1, 0.15) is 0 Å². The molecule has 1 unspecified atom stereocenters. The Balaban J connectivity index is 2.50. The zero-order valence-electron chi connectivity index (χ0n) is 9.46. The number of hydrogen-bond donors (Lipinski definition) is 1. The Kier molecular flexibility index (Phi) is 2.53. The highest BCUT2D eigenvalue weighted by atomic mass is 15.1. The molecule has 0 aromatic heterocycles. The smallest absolute Gasteiger partial charge is 0.0556 e. The minimum Gasteiger partial charge on any atom is -0.399 e. The summed E-state index contributed by atoms with van der Waals surface area (Å²) >= 11 is 0. The monoisotopic (exact) mass is 202 g/mol. The van der Waals surface area contributed by atoms with E-state index in [1.807, 2.05) is 6.07 Å². The highest BCUT2D eigenvalue weighted by molar-refractivity contribution is 5.48. The highest BCUT2D eigenvalue weighted by Crippen LogP contribution is 2.34. The van der Waals surface area contributed by atoms with Crippen molar-refractivity contribution in [2.24, 2.45) is 0 Å². The van der Waals surface area contributed by atoms with Crippen LogP contribution in [0.4, 0.5) is 5.69 Å². The van der Waals surface area contributed by atoms with Crippen LogP contribution in [0.15, 0.2) is 30.4 Å². The van der Waals surface area contributed by atoms with Gasteiger partial charge in [0, 0.05) is 12.2 Å². The Morgan fingerprint density at radius 3 is 2.93 bits per heavy atom. The van der Waals surface area contributed by atoms with E-state index >= 15 is 0 Å². The van der Waals surface area contributed by atoms with E-state index in [0.717, 1.165) is 18.7 Å². The standard InChI is InChI=1S/C13H18N2/c1-9(2)13-12-8-11(14)5-4-10(12)6-7-15(13)3/h4-5,8,13H,1,6-7,14H2,2-3H3. The van der Waals surface area contributed by atoms with Gasteiger partial charge < -0.3 is 5.73 Å². The number of anilines is 1. The Hall–Kier alpha value is -1.28. The number of nitrogens with zero attached hydrogens (tertiary/aromatic N) is 1. The second kappa shape index (κ2) is 3.70. The van der Waals surface area contributed by atoms with Gasteiger partial charge in [0.2, 0.25) is 0 Å². The van der Waals surface area contributed by atoms with Crippen LogP contribution in [-0.2, 0) is 6.42 Å². The summed E-state index contributed by atoms with van der Waals surface area (Å²) in [7, 11) is 2.14. The van der Waals surface area contributed by atoms with Crippen molar-refractivity contribution in [3.05, 3.63) is 41.5 Å². The van der Waals surface area contributed by atoms with Crippen molar-refractivity contribution >= 4 is 5.69 Å². The van der Waals surface area contributed by atoms with Gasteiger partial charge in [-0.2, -0.15) is 0 Å². The number of benzene rings is 1. The maximum Gasteiger partial charge on any atom is 0.0556 e. The summed E-state index contributed by atoms with van der Waals surface area (Å²) < 4.78 is 0. The largest absolute Gasteiger partial charge is 0.399 e. The maximum absolute atomic E-state index is 5.84. The van der Waals surface area contributed by atoms with E-state index in [0.29, 0.717) is 6.04 Å². The van der Waals surface area contributed by atoms with E-state index in [1.54, 1.807) is 0 Å². The van der Waals surface area contributed by atoms with Crippen LogP contribution in [-0.4, -0.2) is 18.5 Å². The van der Waals surface area contributed by atoms with E-state index in [4.69, 9.17) is 5.73 Å². The van der Waals surface area contributed by atoms with Crippen molar-refractivity contribution in [3.63, 3.8) is 0 Å². The molecule has 0 spiro atoms. The number of nitrogen functional groups attached to an aromatic ring is 1. The Morgan fingerprint density at radius 2 is 2.27 bits per heavy atom. The molecule has 2 rings (SSSR count). The van der Waals surface area contributed by atoms with Crippen LogP contribution in [0.3, 0.4) is 0 Å². The summed E-state index contributed by atoms with van der Waals surface area (Å²) in [5.74, 6) is 0. The van der Waals surface area contributed by atoms with E-state index in [2.05, 4.69) is 37.6 Å². The van der Waals surface area contributed by atoms with E-state index in [1.165, 1.54) is 16.7 Å². The van der Waals surface area contributed by atoms with Gasteiger partial charge >= 0.3 is 0 Å². The quantitative estimate of drug-likeness (QED) is 0.559. The van der Waals surface area contributed by atoms with Crippen molar-refractivity contribution in [3.8, 4) is 0 Å². The first-order chi connectivity index (χ1) is 7.09. The number of hydrogen-bond acceptors (Lipinski definition) is 2. The molecule has 1 aromatic rings. The lowest BCUT2D eigenvalue weighted by Crippen LogP contribution is -2.32. The van der Waals surface area contributed by atoms with Gasteiger partial charge in [-0.1, -0.05) is 18.2 Å². The molecule has 0 saturated heterocycles. The average Bonchev–Trinajstić information content (AvgIpc) is 2.16. The van der Waals surface area contributed by atoms with Gasteiger partial charge in [0.05, 0.1) is 6.04 Å². The normalized spacial score (nSPS) is 21.1. The number of nitrogens with two attached hydrogens (primary N) is 1. The van der Waals surface area contributed by atoms with Gasteiger partial charge in [-0.25, -0.2) is 0 Å². The molecule has 1 heterocycles. The molecule has 80 valence electrons. The molecule has 1 aliphatic rings. The van der Waals surface area contributed by atoms with Crippen molar-refractivity contribution < 1.29 is 0 Å². The first kappa shape index (κ1) is 10.2. The molecule has 0 fully saturated rings. The van der Waals surface area contributed by atoms with Crippen LogP contribution in [0.25, 0.3) is 0 Å². The molecular formula is C13H18N2. The summed E-state index contributed by atoms with van der Waals surface area (Å²) in [5.41, 5.74) is 10.6. The number of fused-ring (bicyclic) bond motifs is 1. The first-order valence-electron chi connectivity index (χ1n) is 5.33. The summed E-state index contributed by atoms with van der Waals surface area (Å²) in [6, 6.07) is 6.55. The highest BCUT2D eigenvalue weighted by Gasteiger charge is 2.24. The summed E-state index contributed by atoms with van der Waals surface area (Å²) in [6.45, 7) is 7.25. The van der Waals surface area contributed by atoms with Crippen molar-refractivity contribution in [2.45, 2.75) is 19.4 Å². The third kappa shape index (κ3) is 1.77. The fourth-order valence-electron chi connectivity index (χ4n) is 2.40. The minimum atomic E-state index is 0.331. The van der Waals surface area contributed by atoms with Crippen LogP contribution in [0.2, 0.25) is 0 Å². The lowest BCUT2D eigenvalue weighted by Gasteiger charge is -2.35. The summed E-state index contributed by atoms with van der Waals surface area (Å²) in [6.07, 6.45) is 1.11. The van der Waals surface area contributed by atoms with Gasteiger partial charge in [0.15, 0.2) is 0 Å². The van der Waals surface area contributed by atoms with Crippen molar-refractivity contribution in [1.29, 1.82) is 0 Å². The molecule has 2 N–H and O–H groups in total. The van der Waals surface area contributed by atoms with E-state index in [9.17, 15) is 0 Å². The molecule has 15 heavy (non-hydrogen) atoms. The molecule has 0 amide bonds. The molecule has 0 radical (unpaired) electrons. The van der Waals surface area contributed by atoms with Crippen LogP contribution < -0.4 is 5.73 Å². The van der Waals surface area contributed by atoms with Gasteiger partial charge in [0.25, 0.3) is 0 Å². The molecule has 0 aliphatic carbocycles. The summed E-state index contributed by atoms with van der Waals surface area (Å²) in [4.78, 5) is 2.34. The van der Waals surface area contributed by atoms with Gasteiger partial charge in [-0.05, 0) is 43.7 Å². The Bertz CT molecular complexity index is 396. The molecule has 2 nitrogen and oxygen atoms in total. The van der Waals surface area contributed by atoms with E-state index < -0.39 is 0 Å². The third-order valence-corrected chi connectivity index (χ3v) is 3.11. The van der Waals surface area contributed by atoms with Gasteiger partial charge in [-0.15, -0.1) is 0 Å². The molecular weight excluding hydrogens is 184 g/mol. The third-order valence-electron chi connectivity index (χ3n) is 3.11. The fourth-order valence-corrected chi connectivity index (χ4v) is 2.40. The maximum atomic E-state index is 5.84. The first-order valence-corrected chi connectivity index (χ1v) is 5.33. The minimum absolute atomic E-state index is 0.331. The topological polar surface area (TPSA) is 29.3 Å². The zero-order chi connectivity index (χ0) is 11.0. The molecule has 1 aliphatic heterocycles. The second-order valence-electron chi connectivity index (χ2n) is 4.44. The van der Waals surface area contributed by atoms with Crippen LogP contribution >= 0.6 is 0 Å². The second-order valence-corrected chi connectivity index (χ2v) is 4.44. The average molecular weight is 202 g/mol. The van der Waals surface area contributed by atoms with Gasteiger partial charge in [-0.3, -0.25) is 4.90 Å².